The van der Waals surface area contributed by atoms with Crippen LogP contribution in [0.15, 0.2) is 24.3 Å². The fourth-order valence-corrected chi connectivity index (χ4v) is 6.64. The molecule has 0 amide bonds. The molecular formula is C20H26O4. The fourth-order valence-electron chi connectivity index (χ4n) is 6.64. The third-order valence-corrected chi connectivity index (χ3v) is 7.44. The van der Waals surface area contributed by atoms with Crippen LogP contribution in [0.5, 0.6) is 0 Å². The quantitative estimate of drug-likeness (QED) is 0.421. The molecule has 2 saturated carbocycles. The molecule has 4 fully saturated rings. The molecule has 2 saturated heterocycles. The van der Waals surface area contributed by atoms with Crippen LogP contribution in [0.1, 0.15) is 41.0 Å². The number of allylic oxidation sites excluding steroid dienone is 2. The maximum Gasteiger partial charge on any atom is 0.336 e. The topological polar surface area (TPSA) is 52.6 Å². The molecule has 4 nitrogen and oxygen atoms in total. The van der Waals surface area contributed by atoms with Crippen LogP contribution in [0.2, 0.25) is 0 Å². The highest BCUT2D eigenvalue weighted by atomic mass is 16.6. The van der Waals surface area contributed by atoms with Gasteiger partial charge in [-0.3, -0.25) is 4.79 Å². The number of fused-ring (bicyclic) bond motifs is 7. The van der Waals surface area contributed by atoms with Gasteiger partial charge in [-0.1, -0.05) is 32.9 Å². The standard InChI is InChI=1S/C20H26O4/c1-7-10-13-14(23-17(10)22)15-19(5)9-11(20(15,6)24-13)16(21)18(3,4)12(19)8-2/h7-8,11-15H,2,9H2,1,3-6H3/b10-7-/t11-,12+,13+,14-,15-,19+,20+/m1/s1. The van der Waals surface area contributed by atoms with Gasteiger partial charge in [0, 0.05) is 17.3 Å². The van der Waals surface area contributed by atoms with Gasteiger partial charge in [0.05, 0.1) is 11.2 Å². The Kier molecular flexibility index (Phi) is 2.95. The molecule has 0 aromatic carbocycles. The van der Waals surface area contributed by atoms with Gasteiger partial charge in [0.15, 0.2) is 0 Å². The summed E-state index contributed by atoms with van der Waals surface area (Å²) in [6.45, 7) is 14.2. The average molecular weight is 330 g/mol. The lowest BCUT2D eigenvalue weighted by molar-refractivity contribution is -0.148. The van der Waals surface area contributed by atoms with E-state index >= 15 is 0 Å². The zero-order valence-electron chi connectivity index (χ0n) is 15.1. The molecule has 24 heavy (non-hydrogen) atoms. The fraction of sp³-hybridized carbons (Fsp3) is 0.700. The average Bonchev–Trinajstić information content (AvgIpc) is 3.00. The van der Waals surface area contributed by atoms with Gasteiger partial charge >= 0.3 is 5.97 Å². The summed E-state index contributed by atoms with van der Waals surface area (Å²) in [7, 11) is 0. The molecule has 2 aliphatic heterocycles. The number of hydrogen-bond acceptors (Lipinski definition) is 4. The molecule has 0 radical (unpaired) electrons. The molecule has 0 aromatic rings. The third-order valence-electron chi connectivity index (χ3n) is 7.44. The molecule has 0 unspecified atom stereocenters. The van der Waals surface area contributed by atoms with Crippen molar-refractivity contribution < 1.29 is 19.1 Å². The van der Waals surface area contributed by atoms with Crippen molar-refractivity contribution in [1.82, 2.24) is 0 Å². The summed E-state index contributed by atoms with van der Waals surface area (Å²) in [6, 6.07) is 0. The van der Waals surface area contributed by atoms with Gasteiger partial charge in [0.1, 0.15) is 18.0 Å². The van der Waals surface area contributed by atoms with E-state index in [0.29, 0.717) is 5.57 Å². The Morgan fingerprint density at radius 3 is 2.46 bits per heavy atom. The van der Waals surface area contributed by atoms with E-state index in [0.717, 1.165) is 6.42 Å². The lowest BCUT2D eigenvalue weighted by Crippen LogP contribution is -2.50. The van der Waals surface area contributed by atoms with E-state index in [1.807, 2.05) is 33.8 Å². The SMILES string of the molecule is C=C[C@H]1C(C)(C)C(=O)[C@H]2C[C@]1(C)[C@H]1[C@@H]3OC(=O)/C(=C\C)[C@@H]3O[C@@]21C. The summed E-state index contributed by atoms with van der Waals surface area (Å²) in [5, 5.41) is 0. The number of rotatable bonds is 1. The van der Waals surface area contributed by atoms with E-state index in [9.17, 15) is 9.59 Å². The minimum absolute atomic E-state index is 0.00937. The number of Topliss-reactive ketones (excluding diaryl/α,β-unsaturated/α-hetero) is 1. The van der Waals surface area contributed by atoms with Gasteiger partial charge in [-0.15, -0.1) is 6.58 Å². The molecule has 2 heterocycles. The first kappa shape index (κ1) is 16.1. The van der Waals surface area contributed by atoms with Crippen molar-refractivity contribution in [3.63, 3.8) is 0 Å². The van der Waals surface area contributed by atoms with Crippen LogP contribution in [0.3, 0.4) is 0 Å². The van der Waals surface area contributed by atoms with Crippen molar-refractivity contribution in [1.29, 1.82) is 0 Å². The van der Waals surface area contributed by atoms with E-state index in [2.05, 4.69) is 13.5 Å². The normalized spacial score (nSPS) is 53.0. The lowest BCUT2D eigenvalue weighted by atomic mass is 9.54. The molecule has 2 bridgehead atoms. The number of hydrogen-bond donors (Lipinski definition) is 0. The Labute approximate surface area is 143 Å². The van der Waals surface area contributed by atoms with Crippen molar-refractivity contribution in [3.05, 3.63) is 24.3 Å². The second-order valence-corrected chi connectivity index (χ2v) is 8.88. The van der Waals surface area contributed by atoms with Crippen molar-refractivity contribution in [3.8, 4) is 0 Å². The Bertz CT molecular complexity index is 690. The lowest BCUT2D eigenvalue weighted by Gasteiger charge is -2.48. The van der Waals surface area contributed by atoms with Crippen LogP contribution in [-0.2, 0) is 19.1 Å². The summed E-state index contributed by atoms with van der Waals surface area (Å²) in [6.07, 6.45) is 3.85. The van der Waals surface area contributed by atoms with E-state index in [1.165, 1.54) is 0 Å². The highest BCUT2D eigenvalue weighted by Crippen LogP contribution is 2.71. The van der Waals surface area contributed by atoms with Gasteiger partial charge in [0.2, 0.25) is 0 Å². The number of carbonyl (C=O) groups excluding carboxylic acids is 2. The Hall–Kier alpha value is -1.42. The number of carbonyl (C=O) groups is 2. The summed E-state index contributed by atoms with van der Waals surface area (Å²) in [5.41, 5.74) is -0.622. The van der Waals surface area contributed by atoms with Crippen molar-refractivity contribution in [2.75, 3.05) is 0 Å². The largest absolute Gasteiger partial charge is 0.455 e. The first-order chi connectivity index (χ1) is 11.1. The molecule has 2 aliphatic carbocycles. The van der Waals surface area contributed by atoms with Crippen molar-refractivity contribution >= 4 is 11.8 Å². The van der Waals surface area contributed by atoms with Gasteiger partial charge in [-0.05, 0) is 31.6 Å². The molecule has 4 rings (SSSR count). The molecule has 0 spiro atoms. The van der Waals surface area contributed by atoms with Crippen LogP contribution in [0.4, 0.5) is 0 Å². The second-order valence-electron chi connectivity index (χ2n) is 8.88. The maximum atomic E-state index is 13.2. The van der Waals surface area contributed by atoms with Crippen LogP contribution < -0.4 is 0 Å². The van der Waals surface area contributed by atoms with Gasteiger partial charge < -0.3 is 9.47 Å². The molecule has 4 aliphatic rings. The third kappa shape index (κ3) is 1.50. The minimum Gasteiger partial charge on any atom is -0.455 e. The van der Waals surface area contributed by atoms with Crippen LogP contribution in [-0.4, -0.2) is 29.6 Å². The molecule has 0 N–H and O–H groups in total. The summed E-state index contributed by atoms with van der Waals surface area (Å²) < 4.78 is 12.2. The van der Waals surface area contributed by atoms with Crippen molar-refractivity contribution in [2.45, 2.75) is 58.8 Å². The van der Waals surface area contributed by atoms with Gasteiger partial charge in [0.25, 0.3) is 0 Å². The van der Waals surface area contributed by atoms with E-state index in [-0.39, 0.29) is 47.1 Å². The monoisotopic (exact) mass is 330 g/mol. The number of esters is 1. The van der Waals surface area contributed by atoms with Crippen LogP contribution >= 0.6 is 0 Å². The summed E-state index contributed by atoms with van der Waals surface area (Å²) in [4.78, 5) is 25.4. The van der Waals surface area contributed by atoms with Crippen LogP contribution in [0.25, 0.3) is 0 Å². The Balaban J connectivity index is 1.89. The second kappa shape index (κ2) is 4.40. The molecule has 4 heteroatoms. The van der Waals surface area contributed by atoms with Crippen molar-refractivity contribution in [2.24, 2.45) is 28.6 Å². The zero-order valence-corrected chi connectivity index (χ0v) is 15.1. The Morgan fingerprint density at radius 2 is 1.88 bits per heavy atom. The predicted molar refractivity (Wildman–Crippen MR) is 89.1 cm³/mol. The molecule has 130 valence electrons. The summed E-state index contributed by atoms with van der Waals surface area (Å²) >= 11 is 0. The highest BCUT2D eigenvalue weighted by molar-refractivity contribution is 5.93. The van der Waals surface area contributed by atoms with Crippen LogP contribution in [0, 0.1) is 28.6 Å². The Morgan fingerprint density at radius 1 is 1.21 bits per heavy atom. The first-order valence-electron chi connectivity index (χ1n) is 8.84. The zero-order chi connectivity index (χ0) is 17.7. The van der Waals surface area contributed by atoms with E-state index in [1.54, 1.807) is 6.08 Å². The first-order valence-corrected chi connectivity index (χ1v) is 8.84. The highest BCUT2D eigenvalue weighted by Gasteiger charge is 2.77. The predicted octanol–water partition coefficient (Wildman–Crippen LogP) is 3.07. The molecular weight excluding hydrogens is 304 g/mol. The minimum atomic E-state index is -0.578. The summed E-state index contributed by atoms with van der Waals surface area (Å²) in [5.74, 6) is -0.129. The van der Waals surface area contributed by atoms with E-state index < -0.39 is 11.0 Å². The van der Waals surface area contributed by atoms with Gasteiger partial charge in [-0.2, -0.15) is 0 Å². The molecule has 0 aromatic heterocycles. The maximum absolute atomic E-state index is 13.2. The smallest absolute Gasteiger partial charge is 0.336 e. The number of ether oxygens (including phenoxy) is 2. The van der Waals surface area contributed by atoms with Gasteiger partial charge in [-0.25, -0.2) is 4.79 Å². The molecule has 7 atom stereocenters. The van der Waals surface area contributed by atoms with E-state index in [4.69, 9.17) is 9.47 Å². The number of ketones is 1.